The van der Waals surface area contributed by atoms with Gasteiger partial charge in [-0.2, -0.15) is 0 Å². The molecule has 0 saturated carbocycles. The SMILES string of the molecule is CCc1nc(COC(=O)/C=C/c2cccc3ccccc23)cs1. The highest BCUT2D eigenvalue weighted by molar-refractivity contribution is 7.09. The fourth-order valence-corrected chi connectivity index (χ4v) is 3.05. The molecular formula is C19H17NO2S. The third kappa shape index (κ3) is 3.85. The number of thiazole rings is 1. The number of hydrogen-bond donors (Lipinski definition) is 0. The predicted octanol–water partition coefficient (Wildman–Crippen LogP) is 4.62. The van der Waals surface area contributed by atoms with Crippen LogP contribution in [0, 0.1) is 0 Å². The molecule has 116 valence electrons. The standard InChI is InChI=1S/C19H17NO2S/c1-2-18-20-16(13-23-18)12-22-19(21)11-10-15-8-5-7-14-6-3-4-9-17(14)15/h3-11,13H,2,12H2,1H3/b11-10+. The predicted molar refractivity (Wildman–Crippen MR) is 94.3 cm³/mol. The molecule has 0 N–H and O–H groups in total. The molecule has 3 rings (SSSR count). The lowest BCUT2D eigenvalue weighted by atomic mass is 10.0. The van der Waals surface area contributed by atoms with E-state index >= 15 is 0 Å². The molecule has 0 bridgehead atoms. The van der Waals surface area contributed by atoms with Crippen LogP contribution in [-0.2, 0) is 22.6 Å². The molecule has 1 heterocycles. The van der Waals surface area contributed by atoms with Gasteiger partial charge in [0.2, 0.25) is 0 Å². The molecule has 0 atom stereocenters. The Kier molecular flexibility index (Phi) is 4.83. The second kappa shape index (κ2) is 7.20. The van der Waals surface area contributed by atoms with Gasteiger partial charge in [-0.25, -0.2) is 9.78 Å². The third-order valence-electron chi connectivity index (χ3n) is 3.49. The Morgan fingerprint density at radius 2 is 2.04 bits per heavy atom. The number of carbonyl (C=O) groups excluding carboxylic acids is 1. The molecule has 1 aromatic heterocycles. The number of esters is 1. The largest absolute Gasteiger partial charge is 0.456 e. The molecule has 0 aliphatic carbocycles. The van der Waals surface area contributed by atoms with Crippen LogP contribution in [0.25, 0.3) is 16.8 Å². The summed E-state index contributed by atoms with van der Waals surface area (Å²) in [6, 6.07) is 14.1. The van der Waals surface area contributed by atoms with Crippen molar-refractivity contribution in [3.8, 4) is 0 Å². The average Bonchev–Trinajstić information content (AvgIpc) is 3.06. The van der Waals surface area contributed by atoms with Crippen LogP contribution in [0.15, 0.2) is 53.9 Å². The third-order valence-corrected chi connectivity index (χ3v) is 4.53. The second-order valence-corrected chi connectivity index (χ2v) is 6.04. The van der Waals surface area contributed by atoms with Gasteiger partial charge >= 0.3 is 5.97 Å². The summed E-state index contributed by atoms with van der Waals surface area (Å²) < 4.78 is 5.24. The molecule has 23 heavy (non-hydrogen) atoms. The van der Waals surface area contributed by atoms with Crippen LogP contribution in [0.2, 0.25) is 0 Å². The van der Waals surface area contributed by atoms with Crippen molar-refractivity contribution in [2.24, 2.45) is 0 Å². The molecule has 0 amide bonds. The summed E-state index contributed by atoms with van der Waals surface area (Å²) in [7, 11) is 0. The van der Waals surface area contributed by atoms with Crippen molar-refractivity contribution in [2.45, 2.75) is 20.0 Å². The van der Waals surface area contributed by atoms with Gasteiger partial charge in [-0.05, 0) is 28.8 Å². The van der Waals surface area contributed by atoms with E-state index in [1.54, 1.807) is 17.4 Å². The zero-order valence-corrected chi connectivity index (χ0v) is 13.7. The smallest absolute Gasteiger partial charge is 0.331 e. The number of aromatic nitrogens is 1. The van der Waals surface area contributed by atoms with Crippen molar-refractivity contribution in [1.29, 1.82) is 0 Å². The maximum Gasteiger partial charge on any atom is 0.331 e. The normalized spacial score (nSPS) is 11.2. The first-order valence-electron chi connectivity index (χ1n) is 7.52. The van der Waals surface area contributed by atoms with Crippen LogP contribution in [0.1, 0.15) is 23.2 Å². The number of fused-ring (bicyclic) bond motifs is 1. The first kappa shape index (κ1) is 15.4. The molecule has 0 fully saturated rings. The van der Waals surface area contributed by atoms with E-state index < -0.39 is 0 Å². The quantitative estimate of drug-likeness (QED) is 0.508. The van der Waals surface area contributed by atoms with Crippen molar-refractivity contribution in [3.63, 3.8) is 0 Å². The van der Waals surface area contributed by atoms with Crippen molar-refractivity contribution in [3.05, 3.63) is 70.2 Å². The molecule has 0 aliphatic heterocycles. The van der Waals surface area contributed by atoms with Gasteiger partial charge in [-0.15, -0.1) is 11.3 Å². The summed E-state index contributed by atoms with van der Waals surface area (Å²) in [5.74, 6) is -0.357. The molecule has 0 unspecified atom stereocenters. The van der Waals surface area contributed by atoms with E-state index in [0.717, 1.165) is 33.5 Å². The number of aryl methyl sites for hydroxylation is 1. The molecule has 0 aliphatic rings. The molecule has 4 heteroatoms. The molecular weight excluding hydrogens is 306 g/mol. The Bertz CT molecular complexity index is 846. The lowest BCUT2D eigenvalue weighted by molar-refractivity contribution is -0.139. The Balaban J connectivity index is 1.65. The van der Waals surface area contributed by atoms with E-state index in [9.17, 15) is 4.79 Å². The van der Waals surface area contributed by atoms with Crippen LogP contribution < -0.4 is 0 Å². The van der Waals surface area contributed by atoms with Crippen molar-refractivity contribution < 1.29 is 9.53 Å². The van der Waals surface area contributed by atoms with Gasteiger partial charge in [0.05, 0.1) is 10.7 Å². The van der Waals surface area contributed by atoms with Crippen molar-refractivity contribution >= 4 is 34.2 Å². The average molecular weight is 323 g/mol. The summed E-state index contributed by atoms with van der Waals surface area (Å²) in [6.07, 6.45) is 4.16. The zero-order chi connectivity index (χ0) is 16.1. The number of ether oxygens (including phenoxy) is 1. The summed E-state index contributed by atoms with van der Waals surface area (Å²) in [6.45, 7) is 2.27. The number of benzene rings is 2. The number of carbonyl (C=O) groups is 1. The van der Waals surface area contributed by atoms with Crippen LogP contribution >= 0.6 is 11.3 Å². The van der Waals surface area contributed by atoms with E-state index in [1.165, 1.54) is 6.08 Å². The molecule has 3 aromatic rings. The highest BCUT2D eigenvalue weighted by Gasteiger charge is 2.04. The van der Waals surface area contributed by atoms with Crippen LogP contribution in [0.3, 0.4) is 0 Å². The summed E-state index contributed by atoms with van der Waals surface area (Å²) >= 11 is 1.59. The molecule has 0 spiro atoms. The highest BCUT2D eigenvalue weighted by atomic mass is 32.1. The molecule has 3 nitrogen and oxygen atoms in total. The lowest BCUT2D eigenvalue weighted by Crippen LogP contribution is -2.01. The maximum atomic E-state index is 11.9. The Morgan fingerprint density at radius 1 is 1.22 bits per heavy atom. The van der Waals surface area contributed by atoms with Gasteiger partial charge in [-0.1, -0.05) is 49.4 Å². The fourth-order valence-electron chi connectivity index (χ4n) is 2.32. The Labute approximate surface area is 139 Å². The first-order chi connectivity index (χ1) is 11.3. The first-order valence-corrected chi connectivity index (χ1v) is 8.40. The Morgan fingerprint density at radius 3 is 2.87 bits per heavy atom. The monoisotopic (exact) mass is 323 g/mol. The maximum absolute atomic E-state index is 11.9. The Hall–Kier alpha value is -2.46. The van der Waals surface area contributed by atoms with Crippen LogP contribution in [0.5, 0.6) is 0 Å². The summed E-state index contributed by atoms with van der Waals surface area (Å²) in [5.41, 5.74) is 1.81. The number of rotatable bonds is 5. The molecule has 0 radical (unpaired) electrons. The molecule has 0 saturated heterocycles. The van der Waals surface area contributed by atoms with E-state index in [0.29, 0.717) is 0 Å². The summed E-state index contributed by atoms with van der Waals surface area (Å²) in [4.78, 5) is 16.2. The minimum Gasteiger partial charge on any atom is -0.456 e. The lowest BCUT2D eigenvalue weighted by Gasteiger charge is -2.02. The van der Waals surface area contributed by atoms with E-state index in [-0.39, 0.29) is 12.6 Å². The van der Waals surface area contributed by atoms with Gasteiger partial charge in [0, 0.05) is 11.5 Å². The minimum absolute atomic E-state index is 0.217. The number of nitrogens with zero attached hydrogens (tertiary/aromatic N) is 1. The van der Waals surface area contributed by atoms with E-state index in [1.807, 2.05) is 35.7 Å². The second-order valence-electron chi connectivity index (χ2n) is 5.10. The van der Waals surface area contributed by atoms with Crippen molar-refractivity contribution in [2.75, 3.05) is 0 Å². The van der Waals surface area contributed by atoms with Gasteiger partial charge in [0.1, 0.15) is 6.61 Å². The molecule has 2 aromatic carbocycles. The van der Waals surface area contributed by atoms with Gasteiger partial charge in [0.25, 0.3) is 0 Å². The number of hydrogen-bond acceptors (Lipinski definition) is 4. The van der Waals surface area contributed by atoms with Crippen molar-refractivity contribution in [1.82, 2.24) is 4.98 Å². The topological polar surface area (TPSA) is 39.2 Å². The summed E-state index contributed by atoms with van der Waals surface area (Å²) in [5, 5.41) is 5.26. The highest BCUT2D eigenvalue weighted by Crippen LogP contribution is 2.19. The zero-order valence-electron chi connectivity index (χ0n) is 12.9. The fraction of sp³-hybridized carbons (Fsp3) is 0.158. The van der Waals surface area contributed by atoms with Gasteiger partial charge in [-0.3, -0.25) is 0 Å². The van der Waals surface area contributed by atoms with Gasteiger partial charge < -0.3 is 4.74 Å². The van der Waals surface area contributed by atoms with E-state index in [2.05, 4.69) is 24.0 Å². The van der Waals surface area contributed by atoms with Gasteiger partial charge in [0.15, 0.2) is 0 Å². The van der Waals surface area contributed by atoms with Crippen LogP contribution in [0.4, 0.5) is 0 Å². The van der Waals surface area contributed by atoms with Crippen LogP contribution in [-0.4, -0.2) is 11.0 Å². The van der Waals surface area contributed by atoms with E-state index in [4.69, 9.17) is 4.74 Å². The minimum atomic E-state index is -0.357.